The van der Waals surface area contributed by atoms with E-state index in [1.807, 2.05) is 55.4 Å². The van der Waals surface area contributed by atoms with E-state index < -0.39 is 0 Å². The number of nitrogens with zero attached hydrogens (tertiary/aromatic N) is 4. The van der Waals surface area contributed by atoms with E-state index in [1.165, 1.54) is 84.5 Å². The Morgan fingerprint density at radius 3 is 1.09 bits per heavy atom. The second-order valence-corrected chi connectivity index (χ2v) is 15.5. The van der Waals surface area contributed by atoms with Crippen LogP contribution in [0.15, 0.2) is 97.1 Å². The van der Waals surface area contributed by atoms with Crippen molar-refractivity contribution in [3.8, 4) is 0 Å². The summed E-state index contributed by atoms with van der Waals surface area (Å²) >= 11 is 0. The van der Waals surface area contributed by atoms with Crippen LogP contribution >= 0.6 is 0 Å². The lowest BCUT2D eigenvalue weighted by Crippen LogP contribution is -2.35. The Morgan fingerprint density at radius 1 is 0.328 bits per heavy atom. The first-order valence-corrected chi connectivity index (χ1v) is 23.4. The van der Waals surface area contributed by atoms with Crippen molar-refractivity contribution in [2.75, 3.05) is 29.4 Å². The van der Waals surface area contributed by atoms with Gasteiger partial charge < -0.3 is 9.80 Å². The van der Waals surface area contributed by atoms with Crippen molar-refractivity contribution in [3.63, 3.8) is 0 Å². The average molecular weight is 793 g/mol. The molecule has 4 aromatic carbocycles. The van der Waals surface area contributed by atoms with E-state index in [0.29, 0.717) is 24.2 Å². The fourth-order valence-electron chi connectivity index (χ4n) is 7.68. The van der Waals surface area contributed by atoms with Gasteiger partial charge in [0.05, 0.1) is 0 Å². The molecule has 0 spiro atoms. The molecule has 0 atom stereocenters. The third-order valence-corrected chi connectivity index (χ3v) is 10.8. The maximum Gasteiger partial charge on any atom is 0.0401 e. The summed E-state index contributed by atoms with van der Waals surface area (Å²) in [4.78, 5) is 9.99. The highest BCUT2D eigenvalue weighted by molar-refractivity contribution is 5.58. The largest absolute Gasteiger partial charge is 0.369 e. The SMILES string of the molecule is CC.CC.CC.CC.CC(C)N1CCCc2ccccc21.CC(C)N1CCc2ccccc21.CC(C)N1CCc2ccccc2C1.CC(C)N1Cc2ccccc2C1. The minimum Gasteiger partial charge on any atom is -0.369 e. The normalized spacial score (nSPS) is 14.6. The third kappa shape index (κ3) is 16.2. The predicted molar refractivity (Wildman–Crippen MR) is 262 cm³/mol. The predicted octanol–water partition coefficient (Wildman–Crippen LogP) is 14.3. The average Bonchev–Trinajstić information content (AvgIpc) is 3.93. The van der Waals surface area contributed by atoms with Crippen LogP contribution in [-0.2, 0) is 38.9 Å². The molecule has 4 aliphatic rings. The van der Waals surface area contributed by atoms with Crippen molar-refractivity contribution in [2.45, 2.75) is 180 Å². The number of hydrogen-bond donors (Lipinski definition) is 0. The van der Waals surface area contributed by atoms with Crippen LogP contribution in [0.3, 0.4) is 0 Å². The number of benzene rings is 4. The number of aryl methyl sites for hydroxylation is 1. The molecule has 0 N–H and O–H groups in total. The van der Waals surface area contributed by atoms with Gasteiger partial charge in [-0.3, -0.25) is 9.80 Å². The van der Waals surface area contributed by atoms with Crippen LogP contribution in [0.4, 0.5) is 11.4 Å². The number of rotatable bonds is 4. The van der Waals surface area contributed by atoms with Crippen molar-refractivity contribution in [3.05, 3.63) is 130 Å². The number of hydrogen-bond acceptors (Lipinski definition) is 4. The second-order valence-electron chi connectivity index (χ2n) is 15.5. The Morgan fingerprint density at radius 2 is 0.655 bits per heavy atom. The number of anilines is 2. The summed E-state index contributed by atoms with van der Waals surface area (Å²) in [5.74, 6) is 0. The van der Waals surface area contributed by atoms with Crippen LogP contribution in [-0.4, -0.2) is 53.6 Å². The summed E-state index contributed by atoms with van der Waals surface area (Å²) in [5.41, 5.74) is 12.0. The molecule has 324 valence electrons. The Kier molecular flexibility index (Phi) is 26.7. The van der Waals surface area contributed by atoms with E-state index in [4.69, 9.17) is 0 Å². The summed E-state index contributed by atoms with van der Waals surface area (Å²) in [6.07, 6.45) is 4.98. The topological polar surface area (TPSA) is 13.0 Å². The molecule has 0 amide bonds. The standard InChI is InChI=1S/2C12H17N.2C11H15N.4C2H6/c1-10(2)13-9-5-7-11-6-3-4-8-12(11)13;1-10(2)13-8-7-11-5-3-4-6-12(11)9-13;1-9(2)12-7-10-5-3-4-6-11(10)8-12;1-9(2)12-8-7-10-5-3-4-6-11(10)12;4*1-2/h3-4,6,8,10H,5,7,9H2,1-2H3;3-6,10H,7-9H2,1-2H3;2*3-6,9H,7-8H2,1-2H3;4*1-2H3. The molecule has 4 aromatic rings. The second kappa shape index (κ2) is 29.6. The lowest BCUT2D eigenvalue weighted by molar-refractivity contribution is 0.203. The van der Waals surface area contributed by atoms with Gasteiger partial charge in [0.25, 0.3) is 0 Å². The van der Waals surface area contributed by atoms with Crippen LogP contribution in [0, 0.1) is 0 Å². The lowest BCUT2D eigenvalue weighted by atomic mass is 9.99. The molecule has 0 saturated heterocycles. The molecule has 4 heterocycles. The first-order chi connectivity index (χ1) is 28.1. The summed E-state index contributed by atoms with van der Waals surface area (Å²) in [7, 11) is 0. The van der Waals surface area contributed by atoms with Gasteiger partial charge in [0.1, 0.15) is 0 Å². The van der Waals surface area contributed by atoms with Gasteiger partial charge >= 0.3 is 0 Å². The molecule has 0 aliphatic carbocycles. The van der Waals surface area contributed by atoms with Crippen LogP contribution < -0.4 is 9.80 Å². The van der Waals surface area contributed by atoms with Crippen molar-refractivity contribution in [1.29, 1.82) is 0 Å². The fourth-order valence-corrected chi connectivity index (χ4v) is 7.68. The molecule has 0 fully saturated rings. The molecule has 4 nitrogen and oxygen atoms in total. The molecule has 4 heteroatoms. The highest BCUT2D eigenvalue weighted by Gasteiger charge is 2.21. The number of fused-ring (bicyclic) bond motifs is 4. The zero-order valence-electron chi connectivity index (χ0n) is 40.4. The van der Waals surface area contributed by atoms with Crippen LogP contribution in [0.5, 0.6) is 0 Å². The van der Waals surface area contributed by atoms with Crippen LogP contribution in [0.2, 0.25) is 0 Å². The monoisotopic (exact) mass is 793 g/mol. The zero-order chi connectivity index (χ0) is 43.6. The Hall–Kier alpha value is -3.60. The number of para-hydroxylation sites is 2. The lowest BCUT2D eigenvalue weighted by Gasteiger charge is -2.34. The Bertz CT molecular complexity index is 1600. The maximum atomic E-state index is 2.53. The highest BCUT2D eigenvalue weighted by Crippen LogP contribution is 2.29. The minimum absolute atomic E-state index is 0.626. The van der Waals surface area contributed by atoms with Gasteiger partial charge in [-0.1, -0.05) is 140 Å². The Balaban J connectivity index is 0.000000365. The first-order valence-electron chi connectivity index (χ1n) is 23.4. The van der Waals surface area contributed by atoms with Crippen molar-refractivity contribution in [2.24, 2.45) is 0 Å². The molecule has 0 radical (unpaired) electrons. The minimum atomic E-state index is 0.626. The molecule has 0 unspecified atom stereocenters. The Labute approximate surface area is 360 Å². The highest BCUT2D eigenvalue weighted by atomic mass is 15.2. The molecule has 58 heavy (non-hydrogen) atoms. The summed E-state index contributed by atoms with van der Waals surface area (Å²) in [5, 5.41) is 0. The van der Waals surface area contributed by atoms with Gasteiger partial charge in [-0.15, -0.1) is 0 Å². The molecule has 0 bridgehead atoms. The van der Waals surface area contributed by atoms with Crippen LogP contribution in [0.25, 0.3) is 0 Å². The van der Waals surface area contributed by atoms with E-state index in [1.54, 1.807) is 5.56 Å². The quantitative estimate of drug-likeness (QED) is 0.204. The summed E-state index contributed by atoms with van der Waals surface area (Å²) in [6, 6.07) is 37.6. The van der Waals surface area contributed by atoms with Gasteiger partial charge in [0.15, 0.2) is 0 Å². The van der Waals surface area contributed by atoms with E-state index in [0.717, 1.165) is 19.6 Å². The van der Waals surface area contributed by atoms with Gasteiger partial charge in [-0.2, -0.15) is 0 Å². The maximum absolute atomic E-state index is 2.53. The molecular formula is C54H88N4. The van der Waals surface area contributed by atoms with Crippen molar-refractivity contribution < 1.29 is 0 Å². The molecule has 4 aliphatic heterocycles. The third-order valence-electron chi connectivity index (χ3n) is 10.8. The summed E-state index contributed by atoms with van der Waals surface area (Å²) < 4.78 is 0. The zero-order valence-corrected chi connectivity index (χ0v) is 40.4. The van der Waals surface area contributed by atoms with Gasteiger partial charge in [-0.25, -0.2) is 0 Å². The first kappa shape index (κ1) is 52.4. The van der Waals surface area contributed by atoms with Gasteiger partial charge in [-0.05, 0) is 127 Å². The van der Waals surface area contributed by atoms with Gasteiger partial charge in [0.2, 0.25) is 0 Å². The summed E-state index contributed by atoms with van der Waals surface area (Å²) in [6.45, 7) is 41.1. The molecule has 8 rings (SSSR count). The smallest absolute Gasteiger partial charge is 0.0401 e. The molecule has 0 saturated carbocycles. The van der Waals surface area contributed by atoms with Crippen LogP contribution in [0.1, 0.15) is 151 Å². The van der Waals surface area contributed by atoms with E-state index in [2.05, 4.69) is 172 Å². The van der Waals surface area contributed by atoms with Crippen molar-refractivity contribution in [1.82, 2.24) is 9.80 Å². The van der Waals surface area contributed by atoms with E-state index >= 15 is 0 Å². The molecular weight excluding hydrogens is 705 g/mol. The van der Waals surface area contributed by atoms with E-state index in [9.17, 15) is 0 Å². The van der Waals surface area contributed by atoms with Crippen molar-refractivity contribution >= 4 is 11.4 Å². The van der Waals surface area contributed by atoms with Gasteiger partial charge in [0, 0.05) is 74.8 Å². The fraction of sp³-hybridized carbons (Fsp3) is 0.556. The molecule has 0 aromatic heterocycles. The van der Waals surface area contributed by atoms with E-state index in [-0.39, 0.29) is 0 Å².